The van der Waals surface area contributed by atoms with Crippen molar-refractivity contribution >= 4 is 28.1 Å². The molecule has 0 amide bonds. The number of thiol groups is 1. The van der Waals surface area contributed by atoms with E-state index < -0.39 is 10.9 Å². The average Bonchev–Trinajstić information content (AvgIpc) is 2.47. The Morgan fingerprint density at radius 2 is 1.67 bits per heavy atom. The Morgan fingerprint density at radius 3 is 2.10 bits per heavy atom. The molecule has 0 atom stereocenters. The number of nitrogens with one attached hydrogen (secondary N) is 1. The fourth-order valence-electron chi connectivity index (χ4n) is 1.48. The van der Waals surface area contributed by atoms with Crippen molar-refractivity contribution in [1.29, 1.82) is 0 Å². The smallest absolute Gasteiger partial charge is 0.201 e. The van der Waals surface area contributed by atoms with Gasteiger partial charge in [0.1, 0.15) is 0 Å². The molecule has 0 spiro atoms. The summed E-state index contributed by atoms with van der Waals surface area (Å²) >= 11 is 5.70. The standard InChI is InChI=1S/C9H10ClNO2S.C7H8/c1-7(6-11-14(12)13)8-2-4-9(10)5-3-8;1-7-5-3-2-4-6-7/h2-5,14H,1,6H2,(H,11,12,13);2-6H,1H3. The first-order chi connectivity index (χ1) is 9.99. The van der Waals surface area contributed by atoms with Crippen LogP contribution < -0.4 is 4.72 Å². The van der Waals surface area contributed by atoms with E-state index in [0.717, 1.165) is 5.56 Å². The second-order valence-electron chi connectivity index (χ2n) is 4.36. The monoisotopic (exact) mass is 323 g/mol. The molecule has 0 aliphatic heterocycles. The number of halogens is 1. The number of aryl methyl sites for hydroxylation is 1. The van der Waals surface area contributed by atoms with Crippen LogP contribution in [0.4, 0.5) is 0 Å². The zero-order valence-corrected chi connectivity index (χ0v) is 13.4. The average molecular weight is 324 g/mol. The molecule has 0 aromatic heterocycles. The van der Waals surface area contributed by atoms with E-state index >= 15 is 0 Å². The van der Waals surface area contributed by atoms with Crippen LogP contribution in [-0.4, -0.2) is 15.0 Å². The van der Waals surface area contributed by atoms with Crippen molar-refractivity contribution in [2.45, 2.75) is 6.92 Å². The van der Waals surface area contributed by atoms with Crippen LogP contribution in [-0.2, 0) is 10.9 Å². The first kappa shape index (κ1) is 17.4. The highest BCUT2D eigenvalue weighted by molar-refractivity contribution is 7.70. The molecule has 3 nitrogen and oxygen atoms in total. The minimum absolute atomic E-state index is 0.223. The molecule has 5 heteroatoms. The normalized spacial score (nSPS) is 9.86. The molecule has 2 aromatic rings. The molecule has 0 radical (unpaired) electrons. The maximum Gasteiger partial charge on any atom is 0.201 e. The zero-order valence-electron chi connectivity index (χ0n) is 11.8. The third-order valence-corrected chi connectivity index (χ3v) is 3.28. The van der Waals surface area contributed by atoms with E-state index in [1.807, 2.05) is 18.2 Å². The summed E-state index contributed by atoms with van der Waals surface area (Å²) in [4.78, 5) is 0. The summed E-state index contributed by atoms with van der Waals surface area (Å²) in [7, 11) is -2.57. The minimum atomic E-state index is -2.57. The molecule has 0 saturated heterocycles. The molecule has 0 bridgehead atoms. The molecule has 21 heavy (non-hydrogen) atoms. The van der Waals surface area contributed by atoms with Crippen molar-refractivity contribution in [2.24, 2.45) is 0 Å². The first-order valence-electron chi connectivity index (χ1n) is 6.32. The van der Waals surface area contributed by atoms with Gasteiger partial charge in [0, 0.05) is 11.6 Å². The van der Waals surface area contributed by atoms with E-state index in [4.69, 9.17) is 11.6 Å². The van der Waals surface area contributed by atoms with Crippen molar-refractivity contribution in [1.82, 2.24) is 4.72 Å². The zero-order chi connectivity index (χ0) is 15.7. The predicted octanol–water partition coefficient (Wildman–Crippen LogP) is 3.46. The summed E-state index contributed by atoms with van der Waals surface area (Å²) in [6.07, 6.45) is 0. The van der Waals surface area contributed by atoms with Gasteiger partial charge in [-0.25, -0.2) is 13.1 Å². The summed E-state index contributed by atoms with van der Waals surface area (Å²) in [6.45, 7) is 6.06. The molecule has 0 heterocycles. The Morgan fingerprint density at radius 1 is 1.10 bits per heavy atom. The molecule has 0 unspecified atom stereocenters. The van der Waals surface area contributed by atoms with E-state index in [0.29, 0.717) is 10.6 Å². The predicted molar refractivity (Wildman–Crippen MR) is 90.0 cm³/mol. The molecule has 2 aromatic carbocycles. The van der Waals surface area contributed by atoms with Crippen molar-refractivity contribution in [3.05, 3.63) is 77.3 Å². The molecular formula is C16H18ClNO2S. The summed E-state index contributed by atoms with van der Waals surface area (Å²) in [5.74, 6) is 0. The number of hydrogen-bond donors (Lipinski definition) is 2. The third-order valence-electron chi connectivity index (χ3n) is 2.61. The minimum Gasteiger partial charge on any atom is -0.216 e. The SMILES string of the molecule is C=C(CN[SH](=O)=O)c1ccc(Cl)cc1.Cc1ccccc1. The topological polar surface area (TPSA) is 46.2 Å². The van der Waals surface area contributed by atoms with Gasteiger partial charge in [-0.1, -0.05) is 66.2 Å². The summed E-state index contributed by atoms with van der Waals surface area (Å²) in [6, 6.07) is 17.3. The van der Waals surface area contributed by atoms with Gasteiger partial charge in [0.25, 0.3) is 0 Å². The van der Waals surface area contributed by atoms with E-state index in [2.05, 4.69) is 30.4 Å². The van der Waals surface area contributed by atoms with Gasteiger partial charge in [0.05, 0.1) is 0 Å². The summed E-state index contributed by atoms with van der Waals surface area (Å²) in [5.41, 5.74) is 2.90. The maximum absolute atomic E-state index is 10.3. The van der Waals surface area contributed by atoms with Crippen molar-refractivity contribution in [2.75, 3.05) is 6.54 Å². The van der Waals surface area contributed by atoms with Crippen molar-refractivity contribution in [3.63, 3.8) is 0 Å². The summed E-state index contributed by atoms with van der Waals surface area (Å²) in [5, 5.41) is 0.643. The fourth-order valence-corrected chi connectivity index (χ4v) is 1.93. The molecule has 0 aliphatic carbocycles. The summed E-state index contributed by atoms with van der Waals surface area (Å²) < 4.78 is 22.8. The lowest BCUT2D eigenvalue weighted by Gasteiger charge is -2.03. The van der Waals surface area contributed by atoms with E-state index in [9.17, 15) is 8.42 Å². The molecule has 0 fully saturated rings. The fraction of sp³-hybridized carbons (Fsp3) is 0.125. The van der Waals surface area contributed by atoms with Gasteiger partial charge in [0.2, 0.25) is 10.9 Å². The Bertz CT molecular complexity index is 629. The lowest BCUT2D eigenvalue weighted by Crippen LogP contribution is -2.13. The number of benzene rings is 2. The lowest BCUT2D eigenvalue weighted by molar-refractivity contribution is 0.606. The van der Waals surface area contributed by atoms with Crippen LogP contribution >= 0.6 is 11.6 Å². The van der Waals surface area contributed by atoms with E-state index in [1.54, 1.807) is 24.3 Å². The van der Waals surface area contributed by atoms with E-state index in [1.165, 1.54) is 5.56 Å². The first-order valence-corrected chi connectivity index (χ1v) is 7.88. The van der Waals surface area contributed by atoms with Crippen LogP contribution in [0, 0.1) is 6.92 Å². The second kappa shape index (κ2) is 9.34. The van der Waals surface area contributed by atoms with Gasteiger partial charge >= 0.3 is 0 Å². The van der Waals surface area contributed by atoms with Gasteiger partial charge < -0.3 is 0 Å². The second-order valence-corrected chi connectivity index (χ2v) is 5.62. The molecule has 0 aliphatic rings. The van der Waals surface area contributed by atoms with Crippen molar-refractivity contribution < 1.29 is 8.42 Å². The Balaban J connectivity index is 0.000000262. The van der Waals surface area contributed by atoms with Gasteiger partial charge in [-0.15, -0.1) is 0 Å². The van der Waals surface area contributed by atoms with Crippen LogP contribution in [0.25, 0.3) is 5.57 Å². The van der Waals surface area contributed by atoms with Crippen LogP contribution in [0.5, 0.6) is 0 Å². The lowest BCUT2D eigenvalue weighted by atomic mass is 10.1. The van der Waals surface area contributed by atoms with Gasteiger partial charge in [-0.3, -0.25) is 0 Å². The molecule has 2 rings (SSSR count). The Labute approximate surface area is 132 Å². The van der Waals surface area contributed by atoms with Gasteiger partial charge in [-0.05, 0) is 30.2 Å². The number of rotatable bonds is 4. The highest BCUT2D eigenvalue weighted by atomic mass is 35.5. The molecule has 0 saturated carbocycles. The van der Waals surface area contributed by atoms with Crippen LogP contribution in [0.3, 0.4) is 0 Å². The number of hydrogen-bond acceptors (Lipinski definition) is 2. The van der Waals surface area contributed by atoms with Crippen molar-refractivity contribution in [3.8, 4) is 0 Å². The Hall–Kier alpha value is -1.62. The highest BCUT2D eigenvalue weighted by Crippen LogP contribution is 2.15. The Kier molecular flexibility index (Phi) is 7.75. The van der Waals surface area contributed by atoms with Crippen LogP contribution in [0.2, 0.25) is 5.02 Å². The third kappa shape index (κ3) is 7.66. The van der Waals surface area contributed by atoms with Gasteiger partial charge in [0.15, 0.2) is 0 Å². The largest absolute Gasteiger partial charge is 0.216 e. The van der Waals surface area contributed by atoms with Crippen LogP contribution in [0.1, 0.15) is 11.1 Å². The highest BCUT2D eigenvalue weighted by Gasteiger charge is 1.98. The molecular weight excluding hydrogens is 306 g/mol. The molecule has 112 valence electrons. The molecule has 1 N–H and O–H groups in total. The van der Waals surface area contributed by atoms with Crippen LogP contribution in [0.15, 0.2) is 61.2 Å². The quantitative estimate of drug-likeness (QED) is 0.846. The van der Waals surface area contributed by atoms with Gasteiger partial charge in [-0.2, -0.15) is 0 Å². The maximum atomic E-state index is 10.3. The van der Waals surface area contributed by atoms with E-state index in [-0.39, 0.29) is 6.54 Å².